The highest BCUT2D eigenvalue weighted by molar-refractivity contribution is 7.71. The minimum absolute atomic E-state index is 0.396. The molecule has 29 heavy (non-hydrogen) atoms. The van der Waals surface area contributed by atoms with Gasteiger partial charge in [0.05, 0.1) is 0 Å². The molecule has 5 atom stereocenters. The van der Waals surface area contributed by atoms with Crippen LogP contribution in [0, 0.1) is 39.1 Å². The average molecular weight is 417 g/mol. The van der Waals surface area contributed by atoms with Crippen LogP contribution in [0.1, 0.15) is 72.6 Å². The van der Waals surface area contributed by atoms with Crippen LogP contribution in [0.5, 0.6) is 0 Å². The number of nitrogens with two attached hydrogens (primary N) is 1. The molecule has 0 amide bonds. The average Bonchev–Trinajstić information content (AvgIpc) is 2.70. The van der Waals surface area contributed by atoms with Crippen LogP contribution < -0.4 is 5.73 Å². The van der Waals surface area contributed by atoms with E-state index < -0.39 is 0 Å². The molecule has 3 nitrogen and oxygen atoms in total. The van der Waals surface area contributed by atoms with E-state index in [-0.39, 0.29) is 0 Å². The van der Waals surface area contributed by atoms with Gasteiger partial charge in [0.2, 0.25) is 0 Å². The Labute approximate surface area is 182 Å². The molecular weight excluding hydrogens is 376 g/mol. The van der Waals surface area contributed by atoms with Crippen LogP contribution in [0.4, 0.5) is 0 Å². The molecule has 1 aromatic rings. The van der Waals surface area contributed by atoms with Crippen LogP contribution in [-0.2, 0) is 0 Å². The maximum absolute atomic E-state index is 8.73. The first-order chi connectivity index (χ1) is 13.7. The first kappa shape index (κ1) is 22.6. The number of pyridine rings is 1. The molecule has 4 rings (SSSR count). The van der Waals surface area contributed by atoms with Gasteiger partial charge in [-0.1, -0.05) is 64.0 Å². The van der Waals surface area contributed by atoms with Gasteiger partial charge < -0.3 is 10.9 Å². The highest BCUT2D eigenvalue weighted by atomic mass is 32.1. The van der Waals surface area contributed by atoms with Crippen molar-refractivity contribution in [3.63, 3.8) is 0 Å². The van der Waals surface area contributed by atoms with Crippen molar-refractivity contribution in [3.8, 4) is 0 Å². The molecule has 0 bridgehead atoms. The second-order valence-electron chi connectivity index (χ2n) is 10.5. The highest BCUT2D eigenvalue weighted by Crippen LogP contribution is 2.63. The lowest BCUT2D eigenvalue weighted by Crippen LogP contribution is -2.53. The molecule has 3 aliphatic rings. The quantitative estimate of drug-likeness (QED) is 0.324. The predicted molar refractivity (Wildman–Crippen MR) is 123 cm³/mol. The monoisotopic (exact) mass is 416 g/mol. The fraction of sp³-hybridized carbons (Fsp3) is 0.720. The Hall–Kier alpha value is -1.13. The third kappa shape index (κ3) is 4.49. The van der Waals surface area contributed by atoms with E-state index >= 15 is 0 Å². The molecular formula is C25H40N2OS. The predicted octanol–water partition coefficient (Wildman–Crippen LogP) is 6.62. The Bertz CT molecular complexity index is 785. The molecule has 0 saturated heterocycles. The number of rotatable bonds is 2. The summed E-state index contributed by atoms with van der Waals surface area (Å²) in [5.41, 5.74) is 8.96. The molecule has 2 fully saturated rings. The molecule has 3 N–H and O–H groups in total. The molecule has 3 aliphatic carbocycles. The summed E-state index contributed by atoms with van der Waals surface area (Å²) in [6.07, 6.45) is 13.9. The third-order valence-corrected chi connectivity index (χ3v) is 8.73. The van der Waals surface area contributed by atoms with Gasteiger partial charge in [0.15, 0.2) is 0 Å². The lowest BCUT2D eigenvalue weighted by atomic mass is 9.45. The maximum Gasteiger partial charge on any atom is 0.142 e. The van der Waals surface area contributed by atoms with E-state index in [1.807, 2.05) is 5.57 Å². The fourth-order valence-electron chi connectivity index (χ4n) is 6.64. The Balaban J connectivity index is 0.000000252. The summed E-state index contributed by atoms with van der Waals surface area (Å²) >= 11 is 4.67. The molecule has 0 radical (unpaired) electrons. The second-order valence-corrected chi connectivity index (χ2v) is 10.9. The lowest BCUT2D eigenvalue weighted by Gasteiger charge is -2.60. The van der Waals surface area contributed by atoms with Gasteiger partial charge in [-0.25, -0.2) is 0 Å². The van der Waals surface area contributed by atoms with Crippen molar-refractivity contribution in [1.82, 2.24) is 4.73 Å². The zero-order chi connectivity index (χ0) is 21.2. The second kappa shape index (κ2) is 8.93. The van der Waals surface area contributed by atoms with E-state index in [0.29, 0.717) is 15.5 Å². The zero-order valence-electron chi connectivity index (χ0n) is 18.7. The molecule has 1 heterocycles. The van der Waals surface area contributed by atoms with Crippen LogP contribution in [0.3, 0.4) is 0 Å². The molecule has 1 aromatic heterocycles. The van der Waals surface area contributed by atoms with Gasteiger partial charge in [-0.2, -0.15) is 4.73 Å². The highest BCUT2D eigenvalue weighted by Gasteiger charge is 2.54. The van der Waals surface area contributed by atoms with Crippen LogP contribution in [0.2, 0.25) is 0 Å². The molecule has 0 aliphatic heterocycles. The number of nitrogens with zero attached hydrogens (tertiary/aromatic N) is 1. The number of allylic oxidation sites excluding steroid dienone is 2. The maximum atomic E-state index is 8.73. The van der Waals surface area contributed by atoms with Crippen LogP contribution >= 0.6 is 12.2 Å². The normalized spacial score (nSPS) is 36.3. The van der Waals surface area contributed by atoms with Crippen molar-refractivity contribution >= 4 is 12.2 Å². The third-order valence-electron chi connectivity index (χ3n) is 8.41. The van der Waals surface area contributed by atoms with Gasteiger partial charge >= 0.3 is 0 Å². The Morgan fingerprint density at radius 2 is 1.97 bits per heavy atom. The zero-order valence-corrected chi connectivity index (χ0v) is 19.5. The van der Waals surface area contributed by atoms with E-state index in [4.69, 9.17) is 10.9 Å². The van der Waals surface area contributed by atoms with Gasteiger partial charge in [0.1, 0.15) is 4.64 Å². The van der Waals surface area contributed by atoms with E-state index in [2.05, 4.69) is 46.0 Å². The molecule has 2 saturated carbocycles. The van der Waals surface area contributed by atoms with Crippen molar-refractivity contribution in [2.75, 3.05) is 6.54 Å². The summed E-state index contributed by atoms with van der Waals surface area (Å²) in [5, 5.41) is 8.73. The van der Waals surface area contributed by atoms with Crippen molar-refractivity contribution in [2.45, 2.75) is 72.6 Å². The van der Waals surface area contributed by atoms with Crippen molar-refractivity contribution in [1.29, 1.82) is 0 Å². The van der Waals surface area contributed by atoms with Crippen LogP contribution in [0.25, 0.3) is 0 Å². The van der Waals surface area contributed by atoms with Gasteiger partial charge in [-0.3, -0.25) is 0 Å². The van der Waals surface area contributed by atoms with Crippen LogP contribution in [0.15, 0.2) is 36.0 Å². The summed E-state index contributed by atoms with van der Waals surface area (Å²) in [5.74, 6) is 3.35. The minimum Gasteiger partial charge on any atom is -0.428 e. The Morgan fingerprint density at radius 3 is 2.55 bits per heavy atom. The minimum atomic E-state index is 0.396. The van der Waals surface area contributed by atoms with Gasteiger partial charge in [-0.15, -0.1) is 0 Å². The molecule has 0 spiro atoms. The summed E-state index contributed by atoms with van der Waals surface area (Å²) in [6, 6.07) is 5.13. The van der Waals surface area contributed by atoms with E-state index in [9.17, 15) is 0 Å². The summed E-state index contributed by atoms with van der Waals surface area (Å²) in [6.45, 7) is 10.7. The van der Waals surface area contributed by atoms with E-state index in [0.717, 1.165) is 34.9 Å². The number of hydrogen-bond donors (Lipinski definition) is 2. The largest absolute Gasteiger partial charge is 0.428 e. The summed E-state index contributed by atoms with van der Waals surface area (Å²) < 4.78 is 1.32. The molecule has 162 valence electrons. The Kier molecular flexibility index (Phi) is 6.95. The molecule has 0 aromatic carbocycles. The SMILES string of the molecule is CC(C)[C@H]1C=C2CCC3[C@@](C)(CN)CCC[C@]3(C)C2CC1.On1ccccc1=S. The topological polar surface area (TPSA) is 51.2 Å². The first-order valence-electron chi connectivity index (χ1n) is 11.5. The number of aromatic nitrogens is 1. The van der Waals surface area contributed by atoms with E-state index in [1.54, 1.807) is 18.2 Å². The van der Waals surface area contributed by atoms with Crippen molar-refractivity contribution < 1.29 is 5.21 Å². The standard InChI is InChI=1S/C20H35N.C5H5NOS/c1-14(2)15-6-8-17-16(12-15)7-9-18-19(3,13-21)10-5-11-20(17,18)4;7-6-4-2-1-3-5(6)8/h12,14-15,17-18H,5-11,13,21H2,1-4H3;1-4,7H/t15-,17?,18?,19-,20-;/m1./s1. The number of hydrogen-bond acceptors (Lipinski definition) is 3. The van der Waals surface area contributed by atoms with Crippen LogP contribution in [-0.4, -0.2) is 16.5 Å². The summed E-state index contributed by atoms with van der Waals surface area (Å²) in [4.78, 5) is 0. The smallest absolute Gasteiger partial charge is 0.142 e. The summed E-state index contributed by atoms with van der Waals surface area (Å²) in [7, 11) is 0. The van der Waals surface area contributed by atoms with Gasteiger partial charge in [0, 0.05) is 6.20 Å². The van der Waals surface area contributed by atoms with Gasteiger partial charge in [0.25, 0.3) is 0 Å². The van der Waals surface area contributed by atoms with Gasteiger partial charge in [-0.05, 0) is 91.7 Å². The lowest BCUT2D eigenvalue weighted by molar-refractivity contribution is -0.0626. The first-order valence-corrected chi connectivity index (χ1v) is 11.9. The van der Waals surface area contributed by atoms with Crippen molar-refractivity contribution in [2.24, 2.45) is 40.2 Å². The Morgan fingerprint density at radius 1 is 1.21 bits per heavy atom. The molecule has 2 unspecified atom stereocenters. The van der Waals surface area contributed by atoms with E-state index in [1.165, 1.54) is 51.1 Å². The van der Waals surface area contributed by atoms with Crippen molar-refractivity contribution in [3.05, 3.63) is 40.7 Å². The molecule has 4 heteroatoms. The number of fused-ring (bicyclic) bond motifs is 3. The fourth-order valence-corrected chi connectivity index (χ4v) is 6.78.